The molecule has 21 heavy (non-hydrogen) atoms. The minimum atomic E-state index is -0.0512. The lowest BCUT2D eigenvalue weighted by molar-refractivity contribution is 0.0981. The number of amides is 1. The van der Waals surface area contributed by atoms with Crippen LogP contribution in [0.2, 0.25) is 0 Å². The molecule has 0 atom stereocenters. The molecule has 0 spiro atoms. The van der Waals surface area contributed by atoms with E-state index < -0.39 is 0 Å². The van der Waals surface area contributed by atoms with E-state index in [1.54, 1.807) is 18.3 Å². The lowest BCUT2D eigenvalue weighted by atomic mass is 9.99. The number of fused-ring (bicyclic) bond motifs is 1. The Morgan fingerprint density at radius 2 is 2.19 bits per heavy atom. The van der Waals surface area contributed by atoms with Crippen LogP contribution in [0, 0.1) is 6.92 Å². The Balaban J connectivity index is 2.00. The van der Waals surface area contributed by atoms with Crippen LogP contribution in [-0.2, 0) is 6.42 Å². The maximum Gasteiger partial charge on any atom is 0.263 e. The molecule has 1 aromatic heterocycles. The average molecular weight is 282 g/mol. The van der Waals surface area contributed by atoms with Crippen molar-refractivity contribution in [1.82, 2.24) is 4.98 Å². The number of pyridine rings is 1. The van der Waals surface area contributed by atoms with Crippen molar-refractivity contribution < 1.29 is 9.53 Å². The predicted molar refractivity (Wildman–Crippen MR) is 82.0 cm³/mol. The molecular formula is C17H18N2O2. The number of aryl methyl sites for hydroxylation is 2. The van der Waals surface area contributed by atoms with Crippen LogP contribution in [-0.4, -0.2) is 24.5 Å². The third-order valence-corrected chi connectivity index (χ3v) is 3.79. The van der Waals surface area contributed by atoms with E-state index in [1.165, 1.54) is 18.2 Å². The van der Waals surface area contributed by atoms with Gasteiger partial charge in [0.2, 0.25) is 5.88 Å². The molecule has 0 aliphatic carbocycles. The Morgan fingerprint density at radius 1 is 1.33 bits per heavy atom. The van der Waals surface area contributed by atoms with Gasteiger partial charge in [0, 0.05) is 18.4 Å². The second kappa shape index (κ2) is 5.56. The topological polar surface area (TPSA) is 42.4 Å². The number of hydrogen-bond donors (Lipinski definition) is 0. The van der Waals surface area contributed by atoms with Crippen molar-refractivity contribution in [3.63, 3.8) is 0 Å². The van der Waals surface area contributed by atoms with E-state index in [-0.39, 0.29) is 5.91 Å². The number of methoxy groups -OCH3 is 1. The van der Waals surface area contributed by atoms with Crippen LogP contribution >= 0.6 is 0 Å². The SMILES string of the molecule is COc1ncccc1C(=O)N1CCCc2cc(C)ccc21. The molecule has 0 N–H and O–H groups in total. The highest BCUT2D eigenvalue weighted by atomic mass is 16.5. The minimum Gasteiger partial charge on any atom is -0.480 e. The number of carbonyl (C=O) groups excluding carboxylic acids is 1. The number of aromatic nitrogens is 1. The maximum atomic E-state index is 12.8. The number of hydrogen-bond acceptors (Lipinski definition) is 3. The molecule has 0 radical (unpaired) electrons. The number of anilines is 1. The molecule has 1 aliphatic rings. The lowest BCUT2D eigenvalue weighted by Crippen LogP contribution is -2.35. The summed E-state index contributed by atoms with van der Waals surface area (Å²) in [5, 5.41) is 0. The first-order valence-electron chi connectivity index (χ1n) is 7.11. The first kappa shape index (κ1) is 13.6. The highest BCUT2D eigenvalue weighted by Crippen LogP contribution is 2.30. The van der Waals surface area contributed by atoms with Gasteiger partial charge < -0.3 is 9.64 Å². The summed E-state index contributed by atoms with van der Waals surface area (Å²) in [6.07, 6.45) is 3.62. The monoisotopic (exact) mass is 282 g/mol. The fourth-order valence-electron chi connectivity index (χ4n) is 2.80. The Labute approximate surface area is 124 Å². The molecule has 108 valence electrons. The Bertz CT molecular complexity index is 682. The molecule has 0 unspecified atom stereocenters. The molecule has 1 aliphatic heterocycles. The zero-order chi connectivity index (χ0) is 14.8. The van der Waals surface area contributed by atoms with Gasteiger partial charge in [0.05, 0.1) is 7.11 Å². The van der Waals surface area contributed by atoms with Gasteiger partial charge in [-0.1, -0.05) is 17.7 Å². The molecule has 4 heteroatoms. The quantitative estimate of drug-likeness (QED) is 0.850. The maximum absolute atomic E-state index is 12.8. The number of rotatable bonds is 2. The summed E-state index contributed by atoms with van der Waals surface area (Å²) in [5.41, 5.74) is 3.97. The number of carbonyl (C=O) groups is 1. The van der Waals surface area contributed by atoms with Gasteiger partial charge >= 0.3 is 0 Å². The van der Waals surface area contributed by atoms with E-state index in [2.05, 4.69) is 18.0 Å². The fourth-order valence-corrected chi connectivity index (χ4v) is 2.80. The molecule has 0 bridgehead atoms. The second-order valence-electron chi connectivity index (χ2n) is 5.25. The summed E-state index contributed by atoms with van der Waals surface area (Å²) >= 11 is 0. The van der Waals surface area contributed by atoms with Gasteiger partial charge in [0.25, 0.3) is 5.91 Å². The smallest absolute Gasteiger partial charge is 0.263 e. The van der Waals surface area contributed by atoms with Crippen LogP contribution in [0.3, 0.4) is 0 Å². The molecule has 1 amide bonds. The average Bonchev–Trinajstić information content (AvgIpc) is 2.53. The third-order valence-electron chi connectivity index (χ3n) is 3.79. The first-order chi connectivity index (χ1) is 10.2. The van der Waals surface area contributed by atoms with E-state index >= 15 is 0 Å². The molecule has 1 aromatic carbocycles. The van der Waals surface area contributed by atoms with Crippen molar-refractivity contribution in [3.05, 3.63) is 53.2 Å². The van der Waals surface area contributed by atoms with Gasteiger partial charge in [-0.15, -0.1) is 0 Å². The summed E-state index contributed by atoms with van der Waals surface area (Å²) in [6.45, 7) is 2.80. The standard InChI is InChI=1S/C17H18N2O2/c1-12-7-8-15-13(11-12)5-4-10-19(15)17(20)14-6-3-9-18-16(14)21-2/h3,6-9,11H,4-5,10H2,1-2H3. The highest BCUT2D eigenvalue weighted by molar-refractivity contribution is 6.08. The molecule has 0 saturated carbocycles. The molecule has 2 heterocycles. The number of benzene rings is 1. The van der Waals surface area contributed by atoms with Crippen molar-refractivity contribution in [2.45, 2.75) is 19.8 Å². The van der Waals surface area contributed by atoms with Crippen LogP contribution < -0.4 is 9.64 Å². The van der Waals surface area contributed by atoms with Gasteiger partial charge in [0.1, 0.15) is 5.56 Å². The van der Waals surface area contributed by atoms with Crippen molar-refractivity contribution in [3.8, 4) is 5.88 Å². The molecule has 2 aromatic rings. The normalized spacial score (nSPS) is 13.7. The van der Waals surface area contributed by atoms with Crippen LogP contribution in [0.25, 0.3) is 0 Å². The van der Waals surface area contributed by atoms with Gasteiger partial charge in [-0.25, -0.2) is 4.98 Å². The lowest BCUT2D eigenvalue weighted by Gasteiger charge is -2.30. The Kier molecular flexibility index (Phi) is 3.60. The van der Waals surface area contributed by atoms with Crippen LogP contribution in [0.15, 0.2) is 36.5 Å². The van der Waals surface area contributed by atoms with Crippen molar-refractivity contribution >= 4 is 11.6 Å². The fraction of sp³-hybridized carbons (Fsp3) is 0.294. The minimum absolute atomic E-state index is 0.0512. The van der Waals surface area contributed by atoms with Crippen molar-refractivity contribution in [2.75, 3.05) is 18.6 Å². The summed E-state index contributed by atoms with van der Waals surface area (Å²) in [5.74, 6) is 0.325. The van der Waals surface area contributed by atoms with Gasteiger partial charge in [-0.2, -0.15) is 0 Å². The summed E-state index contributed by atoms with van der Waals surface area (Å²) in [7, 11) is 1.53. The number of ether oxygens (including phenoxy) is 1. The van der Waals surface area contributed by atoms with E-state index in [0.29, 0.717) is 11.4 Å². The van der Waals surface area contributed by atoms with E-state index in [0.717, 1.165) is 25.1 Å². The molecule has 3 rings (SSSR count). The summed E-state index contributed by atoms with van der Waals surface area (Å²) in [6, 6.07) is 9.76. The van der Waals surface area contributed by atoms with E-state index in [1.807, 2.05) is 17.0 Å². The van der Waals surface area contributed by atoms with Gasteiger partial charge in [-0.05, 0) is 43.5 Å². The highest BCUT2D eigenvalue weighted by Gasteiger charge is 2.25. The Morgan fingerprint density at radius 3 is 3.00 bits per heavy atom. The molecule has 0 saturated heterocycles. The number of nitrogens with zero attached hydrogens (tertiary/aromatic N) is 2. The van der Waals surface area contributed by atoms with Gasteiger partial charge in [-0.3, -0.25) is 4.79 Å². The van der Waals surface area contributed by atoms with Crippen LogP contribution in [0.1, 0.15) is 27.9 Å². The first-order valence-corrected chi connectivity index (χ1v) is 7.11. The van der Waals surface area contributed by atoms with E-state index in [9.17, 15) is 4.79 Å². The predicted octanol–water partition coefficient (Wildman–Crippen LogP) is 2.99. The zero-order valence-electron chi connectivity index (χ0n) is 12.3. The van der Waals surface area contributed by atoms with Crippen LogP contribution in [0.4, 0.5) is 5.69 Å². The van der Waals surface area contributed by atoms with E-state index in [4.69, 9.17) is 4.74 Å². The summed E-state index contributed by atoms with van der Waals surface area (Å²) in [4.78, 5) is 18.8. The zero-order valence-corrected chi connectivity index (χ0v) is 12.3. The van der Waals surface area contributed by atoms with Crippen molar-refractivity contribution in [2.24, 2.45) is 0 Å². The second-order valence-corrected chi connectivity index (χ2v) is 5.25. The largest absolute Gasteiger partial charge is 0.480 e. The Hall–Kier alpha value is -2.36. The van der Waals surface area contributed by atoms with Crippen molar-refractivity contribution in [1.29, 1.82) is 0 Å². The summed E-state index contributed by atoms with van der Waals surface area (Å²) < 4.78 is 5.21. The molecule has 0 fully saturated rings. The van der Waals surface area contributed by atoms with Gasteiger partial charge in [0.15, 0.2) is 0 Å². The molecule has 4 nitrogen and oxygen atoms in total. The molecular weight excluding hydrogens is 264 g/mol. The van der Waals surface area contributed by atoms with Crippen LogP contribution in [0.5, 0.6) is 5.88 Å². The third kappa shape index (κ3) is 2.49.